The van der Waals surface area contributed by atoms with Crippen molar-refractivity contribution in [3.63, 3.8) is 0 Å². The van der Waals surface area contributed by atoms with Gasteiger partial charge in [0, 0.05) is 6.54 Å². The van der Waals surface area contributed by atoms with Gasteiger partial charge in [0.2, 0.25) is 0 Å². The van der Waals surface area contributed by atoms with E-state index in [1.165, 1.54) is 6.33 Å². The van der Waals surface area contributed by atoms with Crippen molar-refractivity contribution < 1.29 is 9.84 Å². The minimum Gasteiger partial charge on any atom is -0.394 e. The van der Waals surface area contributed by atoms with Gasteiger partial charge in [-0.2, -0.15) is 0 Å². The predicted molar refractivity (Wildman–Crippen MR) is 92.5 cm³/mol. The Balaban J connectivity index is 1.83. The van der Waals surface area contributed by atoms with Crippen LogP contribution in [0.3, 0.4) is 0 Å². The molecule has 2 atom stereocenters. The van der Waals surface area contributed by atoms with E-state index < -0.39 is 0 Å². The van der Waals surface area contributed by atoms with E-state index in [4.69, 9.17) is 4.74 Å². The number of hydrogen-bond donors (Lipinski definition) is 2. The van der Waals surface area contributed by atoms with E-state index in [0.717, 1.165) is 18.4 Å². The zero-order valence-corrected chi connectivity index (χ0v) is 13.4. The zero-order chi connectivity index (χ0) is 16.9. The van der Waals surface area contributed by atoms with Gasteiger partial charge < -0.3 is 15.2 Å². The normalized spacial score (nSPS) is 21.1. The molecule has 7 heteroatoms. The molecular formula is C17H21N5O2. The third-order valence-electron chi connectivity index (χ3n) is 4.01. The van der Waals surface area contributed by atoms with E-state index in [0.29, 0.717) is 23.5 Å². The number of hydrogen-bond acceptors (Lipinski definition) is 6. The number of aromatic nitrogens is 4. The number of allylic oxidation sites excluding steroid dienone is 2. The summed E-state index contributed by atoms with van der Waals surface area (Å²) in [7, 11) is 0. The minimum absolute atomic E-state index is 0.0326. The van der Waals surface area contributed by atoms with Gasteiger partial charge in [-0.05, 0) is 18.4 Å². The van der Waals surface area contributed by atoms with Crippen LogP contribution in [-0.2, 0) is 4.74 Å². The molecule has 2 aromatic heterocycles. The first-order chi connectivity index (χ1) is 11.8. The maximum Gasteiger partial charge on any atom is 0.167 e. The van der Waals surface area contributed by atoms with Crippen molar-refractivity contribution in [1.82, 2.24) is 19.5 Å². The maximum atomic E-state index is 9.22. The fraction of sp³-hybridized carbons (Fsp3) is 0.353. The molecule has 2 N–H and O–H groups in total. The average Bonchev–Trinajstić information content (AvgIpc) is 3.24. The Labute approximate surface area is 140 Å². The third kappa shape index (κ3) is 3.22. The smallest absolute Gasteiger partial charge is 0.167 e. The van der Waals surface area contributed by atoms with Gasteiger partial charge in [0.15, 0.2) is 17.0 Å². The van der Waals surface area contributed by atoms with Crippen LogP contribution in [0.1, 0.15) is 19.1 Å². The molecule has 2 aromatic rings. The topological polar surface area (TPSA) is 85.1 Å². The molecule has 24 heavy (non-hydrogen) atoms. The van der Waals surface area contributed by atoms with Gasteiger partial charge in [-0.25, -0.2) is 15.0 Å². The molecule has 0 aromatic carbocycles. The largest absolute Gasteiger partial charge is 0.394 e. The highest BCUT2D eigenvalue weighted by Gasteiger charge is 2.27. The van der Waals surface area contributed by atoms with Gasteiger partial charge in [-0.3, -0.25) is 4.57 Å². The quantitative estimate of drug-likeness (QED) is 0.759. The Kier molecular flexibility index (Phi) is 5.02. The predicted octanol–water partition coefficient (Wildman–Crippen LogP) is 2.21. The van der Waals surface area contributed by atoms with Crippen molar-refractivity contribution in [2.75, 3.05) is 18.5 Å². The maximum absolute atomic E-state index is 9.22. The second-order valence-corrected chi connectivity index (χ2v) is 5.55. The summed E-state index contributed by atoms with van der Waals surface area (Å²) in [6.07, 6.45) is 9.97. The van der Waals surface area contributed by atoms with Crippen LogP contribution >= 0.6 is 0 Å². The van der Waals surface area contributed by atoms with Crippen LogP contribution in [0.5, 0.6) is 0 Å². The van der Waals surface area contributed by atoms with Gasteiger partial charge in [0.25, 0.3) is 0 Å². The van der Waals surface area contributed by atoms with Gasteiger partial charge in [0.05, 0.1) is 19.0 Å². The Hall–Kier alpha value is -2.51. The van der Waals surface area contributed by atoms with Crippen molar-refractivity contribution in [2.24, 2.45) is 0 Å². The van der Waals surface area contributed by atoms with Crippen LogP contribution in [0.25, 0.3) is 11.2 Å². The van der Waals surface area contributed by atoms with Crippen molar-refractivity contribution in [3.05, 3.63) is 49.6 Å². The summed E-state index contributed by atoms with van der Waals surface area (Å²) in [5.74, 6) is 0.660. The highest BCUT2D eigenvalue weighted by atomic mass is 16.5. The minimum atomic E-state index is -0.153. The number of fused-ring (bicyclic) bond motifs is 1. The van der Waals surface area contributed by atoms with Crippen LogP contribution in [0.2, 0.25) is 0 Å². The van der Waals surface area contributed by atoms with E-state index in [1.807, 2.05) is 10.6 Å². The average molecular weight is 327 g/mol. The van der Waals surface area contributed by atoms with Crippen LogP contribution in [-0.4, -0.2) is 43.9 Å². The molecule has 1 fully saturated rings. The first-order valence-corrected chi connectivity index (χ1v) is 7.88. The molecule has 3 heterocycles. The Morgan fingerprint density at radius 3 is 2.96 bits per heavy atom. The van der Waals surface area contributed by atoms with Crippen LogP contribution in [0.4, 0.5) is 5.82 Å². The SMILES string of the molecule is C=C/C=C(\C=C)CNc1ncnc2c1ncn2C1CCC(CO)O1. The van der Waals surface area contributed by atoms with E-state index in [-0.39, 0.29) is 18.9 Å². The van der Waals surface area contributed by atoms with E-state index in [9.17, 15) is 5.11 Å². The van der Waals surface area contributed by atoms with Gasteiger partial charge in [0.1, 0.15) is 12.6 Å². The Morgan fingerprint density at radius 1 is 1.38 bits per heavy atom. The molecule has 126 valence electrons. The summed E-state index contributed by atoms with van der Waals surface area (Å²) in [6, 6.07) is 0. The molecule has 7 nitrogen and oxygen atoms in total. The molecule has 1 aliphatic heterocycles. The number of aliphatic hydroxyl groups excluding tert-OH is 1. The van der Waals surface area contributed by atoms with Crippen molar-refractivity contribution in [3.8, 4) is 0 Å². The van der Waals surface area contributed by atoms with Crippen molar-refractivity contribution >= 4 is 17.0 Å². The monoisotopic (exact) mass is 327 g/mol. The standard InChI is InChI=1S/C17H21N5O2/c1-3-5-12(4-2)8-18-16-15-17(20-10-19-16)22(11-21-15)14-7-6-13(9-23)24-14/h3-5,10-11,13-14,23H,1-2,6-9H2,(H,18,19,20)/b12-5+. The number of imidazole rings is 1. The molecule has 3 rings (SSSR count). The van der Waals surface area contributed by atoms with Crippen LogP contribution in [0, 0.1) is 0 Å². The first-order valence-electron chi connectivity index (χ1n) is 7.88. The van der Waals surface area contributed by atoms with E-state index in [2.05, 4.69) is 33.4 Å². The summed E-state index contributed by atoms with van der Waals surface area (Å²) in [6.45, 7) is 8.07. The second-order valence-electron chi connectivity index (χ2n) is 5.55. The van der Waals surface area contributed by atoms with Gasteiger partial charge in [-0.15, -0.1) is 0 Å². The van der Waals surface area contributed by atoms with Crippen LogP contribution < -0.4 is 5.32 Å². The summed E-state index contributed by atoms with van der Waals surface area (Å²) < 4.78 is 7.70. The lowest BCUT2D eigenvalue weighted by Crippen LogP contribution is -2.14. The lowest BCUT2D eigenvalue weighted by molar-refractivity contribution is -0.0207. The van der Waals surface area contributed by atoms with Crippen molar-refractivity contribution in [1.29, 1.82) is 0 Å². The molecule has 0 bridgehead atoms. The number of nitrogens with zero attached hydrogens (tertiary/aromatic N) is 4. The molecule has 0 spiro atoms. The van der Waals surface area contributed by atoms with E-state index >= 15 is 0 Å². The summed E-state index contributed by atoms with van der Waals surface area (Å²) in [4.78, 5) is 13.0. The summed E-state index contributed by atoms with van der Waals surface area (Å²) >= 11 is 0. The lowest BCUT2D eigenvalue weighted by atomic mass is 10.2. The molecule has 0 amide bonds. The fourth-order valence-corrected chi connectivity index (χ4v) is 2.75. The van der Waals surface area contributed by atoms with Gasteiger partial charge in [-0.1, -0.05) is 31.4 Å². The second kappa shape index (κ2) is 7.37. The van der Waals surface area contributed by atoms with Crippen molar-refractivity contribution in [2.45, 2.75) is 25.2 Å². The fourth-order valence-electron chi connectivity index (χ4n) is 2.75. The third-order valence-corrected chi connectivity index (χ3v) is 4.01. The number of rotatable bonds is 7. The molecule has 1 aliphatic rings. The first kappa shape index (κ1) is 16.4. The lowest BCUT2D eigenvalue weighted by Gasteiger charge is -2.14. The molecule has 1 saturated heterocycles. The summed E-state index contributed by atoms with van der Waals surface area (Å²) in [5, 5.41) is 12.5. The highest BCUT2D eigenvalue weighted by molar-refractivity contribution is 5.82. The number of ether oxygens (including phenoxy) is 1. The molecule has 2 unspecified atom stereocenters. The molecule has 0 radical (unpaired) electrons. The Morgan fingerprint density at radius 2 is 2.25 bits per heavy atom. The molecule has 0 aliphatic carbocycles. The number of nitrogens with one attached hydrogen (secondary N) is 1. The highest BCUT2D eigenvalue weighted by Crippen LogP contribution is 2.31. The van der Waals surface area contributed by atoms with Crippen LogP contribution in [0.15, 0.2) is 49.6 Å². The number of aliphatic hydroxyl groups is 1. The Bertz CT molecular complexity index is 767. The van der Waals surface area contributed by atoms with E-state index in [1.54, 1.807) is 18.5 Å². The van der Waals surface area contributed by atoms with Gasteiger partial charge >= 0.3 is 0 Å². The summed E-state index contributed by atoms with van der Waals surface area (Å²) in [5.41, 5.74) is 2.40. The zero-order valence-electron chi connectivity index (χ0n) is 13.4. The molecule has 0 saturated carbocycles. The molecular weight excluding hydrogens is 306 g/mol. The number of anilines is 1.